The second-order valence-electron chi connectivity index (χ2n) is 24.8. The lowest BCUT2D eigenvalue weighted by molar-refractivity contribution is 0.380. The van der Waals surface area contributed by atoms with Gasteiger partial charge < -0.3 is 0 Å². The summed E-state index contributed by atoms with van der Waals surface area (Å²) in [4.78, 5) is 0. The SMILES string of the molecule is O=S(=O)(O)N1CC23c4c5c6c7c8c9c(c%10c%11c2c2c4c4c%12c5c5c6c6c8c8c%13c9c9c%10c%10c%11c%11c2c2c4c4c%12c%12c5c5c6c8c6c8c%13c9c9c%10c%10c%11c2c2c4c4c%12c5c6c5c8c9c%10c2c45)C73C1. The Morgan fingerprint density at radius 1 is 0.224 bits per heavy atom. The Kier molecular flexibility index (Phi) is 1.97. The molecule has 2 spiro atoms. The third-order valence-electron chi connectivity index (χ3n) is 24.8. The lowest BCUT2D eigenvalue weighted by Crippen LogP contribution is -2.51. The second-order valence-corrected chi connectivity index (χ2v) is 26.2. The number of hydrogen-bond acceptors (Lipinski definition) is 2. The number of hydrogen-bond donors (Lipinski definition) is 1. The van der Waals surface area contributed by atoms with Crippen molar-refractivity contribution in [3.8, 4) is 0 Å². The topological polar surface area (TPSA) is 57.6 Å². The minimum absolute atomic E-state index is 0.279. The van der Waals surface area contributed by atoms with Gasteiger partial charge in [0.15, 0.2) is 0 Å². The zero-order chi connectivity index (χ0) is 40.0. The van der Waals surface area contributed by atoms with Crippen molar-refractivity contribution in [2.75, 3.05) is 13.1 Å². The standard InChI is InChI=1S/C62H5NO3S/c64-67(65,66)63-1-61-57-49-41-31-21-13-5-3-4-7-11-9(5)17-25-19(11)29-23-15(7)16-8(4)12-10-6(3)14(13)22-28-18(10)26-20(12)30-24(16)34-33(23)43-37(29)47-39(25)45(35(41)27(17)21)53(57)55(47)59-51(43)52-44(34)38(30)48-40(26)46-36(28)42(32(22)31)50(49)58(61)54(46)56(48)60(52)62(59,61)2-63/h1-2H2,(H,64,65,66). The van der Waals surface area contributed by atoms with Crippen molar-refractivity contribution in [3.63, 3.8) is 0 Å². The number of benzene rings is 18. The molecular formula is C62H5NO3S. The summed E-state index contributed by atoms with van der Waals surface area (Å²) in [6, 6.07) is 0. The maximum atomic E-state index is 14.4. The minimum atomic E-state index is -4.58. The summed E-state index contributed by atoms with van der Waals surface area (Å²) in [5, 5.41) is 82.7. The Hall–Kier alpha value is -7.67. The molecule has 1 aliphatic heterocycles. The summed E-state index contributed by atoms with van der Waals surface area (Å²) >= 11 is 0. The summed E-state index contributed by atoms with van der Waals surface area (Å²) in [5.74, 6) is 0. The molecule has 4 nitrogen and oxygen atoms in total. The van der Waals surface area contributed by atoms with Crippen molar-refractivity contribution in [1.82, 2.24) is 4.31 Å². The molecule has 1 N–H and O–H groups in total. The van der Waals surface area contributed by atoms with E-state index in [1.54, 1.807) is 155 Å². The van der Waals surface area contributed by atoms with E-state index in [2.05, 4.69) is 0 Å². The first-order chi connectivity index (χ1) is 33.1. The van der Waals surface area contributed by atoms with Gasteiger partial charge in [-0.1, -0.05) is 0 Å². The molecule has 1 heterocycles. The Balaban J connectivity index is 1.24. The Morgan fingerprint density at radius 3 is 0.433 bits per heavy atom. The molecule has 67 heavy (non-hydrogen) atoms. The smallest absolute Gasteiger partial charge is 0.273 e. The molecule has 1 fully saturated rings. The molecule has 5 heteroatoms. The van der Waals surface area contributed by atoms with Crippen LogP contribution in [-0.2, 0) is 21.1 Å². The predicted molar refractivity (Wildman–Crippen MR) is 277 cm³/mol. The van der Waals surface area contributed by atoms with E-state index in [-0.39, 0.29) is 13.1 Å². The van der Waals surface area contributed by atoms with E-state index in [1.807, 2.05) is 0 Å². The lowest BCUT2D eigenvalue weighted by Gasteiger charge is -2.49. The van der Waals surface area contributed by atoms with Crippen LogP contribution < -0.4 is 0 Å². The molecule has 28 aromatic carbocycles. The van der Waals surface area contributed by atoms with E-state index in [1.165, 1.54) is 162 Å². The van der Waals surface area contributed by atoms with Crippen LogP contribution in [0.2, 0.25) is 0 Å². The molecule has 5 aliphatic rings. The van der Waals surface area contributed by atoms with Gasteiger partial charge in [0.25, 0.3) is 0 Å². The van der Waals surface area contributed by atoms with Crippen molar-refractivity contribution in [3.05, 3.63) is 22.3 Å². The molecule has 282 valence electrons. The van der Waals surface area contributed by atoms with E-state index in [9.17, 15) is 13.0 Å². The molecule has 0 unspecified atom stereocenters. The molecule has 0 saturated carbocycles. The molecule has 0 radical (unpaired) electrons. The van der Waals surface area contributed by atoms with Crippen molar-refractivity contribution in [2.45, 2.75) is 10.8 Å². The van der Waals surface area contributed by atoms with E-state index in [4.69, 9.17) is 0 Å². The van der Waals surface area contributed by atoms with Gasteiger partial charge in [0.05, 0.1) is 10.8 Å². The first kappa shape index (κ1) is 24.7. The van der Waals surface area contributed by atoms with Gasteiger partial charge in [0, 0.05) is 13.1 Å². The van der Waals surface area contributed by atoms with Crippen LogP contribution in [0.1, 0.15) is 22.3 Å². The zero-order valence-electron chi connectivity index (χ0n) is 33.5. The third-order valence-corrected chi connectivity index (χ3v) is 25.7. The van der Waals surface area contributed by atoms with Gasteiger partial charge in [0.1, 0.15) is 0 Å². The minimum Gasteiger partial charge on any atom is -0.273 e. The summed E-state index contributed by atoms with van der Waals surface area (Å²) in [6.45, 7) is 0.559. The van der Waals surface area contributed by atoms with Crippen molar-refractivity contribution >= 4 is 301 Å². The molecule has 0 atom stereocenters. The lowest BCUT2D eigenvalue weighted by atomic mass is 9.50. The van der Waals surface area contributed by atoms with Crippen LogP contribution in [0.15, 0.2) is 0 Å². The molecule has 33 rings (SSSR count). The average Bonchev–Trinajstić information content (AvgIpc) is 4.17. The second kappa shape index (κ2) is 5.35. The average molecular weight is 844 g/mol. The molecule has 28 aromatic rings. The maximum Gasteiger partial charge on any atom is 0.335 e. The summed E-state index contributed by atoms with van der Waals surface area (Å²) < 4.78 is 42.0. The first-order valence-corrected chi connectivity index (χ1v) is 25.9. The Morgan fingerprint density at radius 2 is 0.328 bits per heavy atom. The normalized spacial score (nSPS) is 23.7. The zero-order valence-corrected chi connectivity index (χ0v) is 34.3. The molecule has 0 aromatic heterocycles. The fraction of sp³-hybridized carbons (Fsp3) is 0.0645. The first-order valence-electron chi connectivity index (χ1n) is 24.5. The fourth-order valence-electron chi connectivity index (χ4n) is 24.9. The van der Waals surface area contributed by atoms with Gasteiger partial charge in [-0.3, -0.25) is 4.55 Å². The molecule has 4 aliphatic carbocycles. The van der Waals surface area contributed by atoms with E-state index < -0.39 is 21.1 Å². The predicted octanol–water partition coefficient (Wildman–Crippen LogP) is 15.4. The molecule has 0 bridgehead atoms. The van der Waals surface area contributed by atoms with Gasteiger partial charge in [-0.25, -0.2) is 0 Å². The Labute approximate surface area is 362 Å². The largest absolute Gasteiger partial charge is 0.335 e. The van der Waals surface area contributed by atoms with Crippen molar-refractivity contribution in [2.24, 2.45) is 0 Å². The monoisotopic (exact) mass is 843 g/mol. The highest BCUT2D eigenvalue weighted by molar-refractivity contribution is 7.83. The van der Waals surface area contributed by atoms with Crippen LogP contribution in [0.3, 0.4) is 0 Å². The number of rotatable bonds is 1. The van der Waals surface area contributed by atoms with Crippen molar-refractivity contribution in [1.29, 1.82) is 0 Å². The van der Waals surface area contributed by atoms with Crippen LogP contribution in [0.25, 0.3) is 291 Å². The van der Waals surface area contributed by atoms with Crippen molar-refractivity contribution < 1.29 is 13.0 Å². The molecule has 0 amide bonds. The van der Waals surface area contributed by atoms with E-state index >= 15 is 0 Å². The summed E-state index contributed by atoms with van der Waals surface area (Å²) in [7, 11) is -4.58. The molecule has 1 saturated heterocycles. The van der Waals surface area contributed by atoms with E-state index in [0.717, 1.165) is 0 Å². The van der Waals surface area contributed by atoms with Crippen LogP contribution in [0, 0.1) is 0 Å². The van der Waals surface area contributed by atoms with Crippen LogP contribution in [-0.4, -0.2) is 30.4 Å². The van der Waals surface area contributed by atoms with Crippen LogP contribution in [0.4, 0.5) is 0 Å². The van der Waals surface area contributed by atoms with Crippen LogP contribution >= 0.6 is 0 Å². The quantitative estimate of drug-likeness (QED) is 0.132. The van der Waals surface area contributed by atoms with Gasteiger partial charge in [-0.15, -0.1) is 0 Å². The van der Waals surface area contributed by atoms with E-state index in [0.29, 0.717) is 0 Å². The molecular weight excluding hydrogens is 839 g/mol. The van der Waals surface area contributed by atoms with Gasteiger partial charge in [-0.2, -0.15) is 12.7 Å². The maximum absolute atomic E-state index is 14.4. The van der Waals surface area contributed by atoms with Gasteiger partial charge in [-0.05, 0) is 313 Å². The Bertz CT molecular complexity index is 6690. The fourth-order valence-corrected chi connectivity index (χ4v) is 25.6. The summed E-state index contributed by atoms with van der Waals surface area (Å²) in [6.07, 6.45) is 0. The summed E-state index contributed by atoms with van der Waals surface area (Å²) in [5.41, 5.74) is 4.38. The highest BCUT2D eigenvalue weighted by Gasteiger charge is 2.74. The van der Waals surface area contributed by atoms with Crippen LogP contribution in [0.5, 0.6) is 0 Å². The third kappa shape index (κ3) is 1.27. The van der Waals surface area contributed by atoms with Gasteiger partial charge >= 0.3 is 10.3 Å². The van der Waals surface area contributed by atoms with Gasteiger partial charge in [0.2, 0.25) is 0 Å². The highest BCUT2D eigenvalue weighted by atomic mass is 32.2. The number of nitrogens with zero attached hydrogens (tertiary/aromatic N) is 1. The highest BCUT2D eigenvalue weighted by Crippen LogP contribution is 2.85.